The SMILES string of the molecule is COc1cccc(-c2cc(CNC(=O)c3ccc4n(c3=O)C[C@@H]3CNC[C@H]4C3)on2)c1. The van der Waals surface area contributed by atoms with Gasteiger partial charge in [-0.15, -0.1) is 0 Å². The molecule has 2 aromatic heterocycles. The van der Waals surface area contributed by atoms with Crippen molar-refractivity contribution >= 4 is 5.91 Å². The topological polar surface area (TPSA) is 98.4 Å². The molecule has 1 fully saturated rings. The number of hydrogen-bond acceptors (Lipinski definition) is 6. The number of methoxy groups -OCH3 is 1. The number of carbonyl (C=O) groups is 1. The fourth-order valence-electron chi connectivity index (χ4n) is 4.54. The van der Waals surface area contributed by atoms with Crippen LogP contribution >= 0.6 is 0 Å². The monoisotopic (exact) mass is 420 g/mol. The van der Waals surface area contributed by atoms with Gasteiger partial charge in [-0.1, -0.05) is 17.3 Å². The Bertz CT molecular complexity index is 1180. The Morgan fingerprint density at radius 2 is 2.19 bits per heavy atom. The zero-order chi connectivity index (χ0) is 21.4. The molecule has 3 aromatic rings. The zero-order valence-corrected chi connectivity index (χ0v) is 17.3. The van der Waals surface area contributed by atoms with Crippen LogP contribution in [0.5, 0.6) is 5.75 Å². The molecule has 2 aliphatic heterocycles. The molecule has 8 nitrogen and oxygen atoms in total. The third-order valence-corrected chi connectivity index (χ3v) is 6.10. The highest BCUT2D eigenvalue weighted by atomic mass is 16.5. The Kier molecular flexibility index (Phi) is 5.07. The molecule has 2 N–H and O–H groups in total. The van der Waals surface area contributed by atoms with Crippen molar-refractivity contribution in [1.29, 1.82) is 0 Å². The molecule has 2 aliphatic rings. The number of amides is 1. The molecule has 160 valence electrons. The van der Waals surface area contributed by atoms with E-state index in [-0.39, 0.29) is 17.7 Å². The fraction of sp³-hybridized carbons (Fsp3) is 0.348. The van der Waals surface area contributed by atoms with E-state index < -0.39 is 5.91 Å². The molecule has 5 rings (SSSR count). The maximum Gasteiger partial charge on any atom is 0.263 e. The number of hydrogen-bond donors (Lipinski definition) is 2. The first-order valence-electron chi connectivity index (χ1n) is 10.4. The lowest BCUT2D eigenvalue weighted by atomic mass is 9.84. The van der Waals surface area contributed by atoms with Crippen molar-refractivity contribution in [2.24, 2.45) is 5.92 Å². The van der Waals surface area contributed by atoms with Gasteiger partial charge in [0.2, 0.25) is 0 Å². The summed E-state index contributed by atoms with van der Waals surface area (Å²) in [5.74, 6) is 1.59. The largest absolute Gasteiger partial charge is 0.497 e. The van der Waals surface area contributed by atoms with E-state index in [2.05, 4.69) is 15.8 Å². The van der Waals surface area contributed by atoms with Crippen molar-refractivity contribution in [1.82, 2.24) is 20.4 Å². The van der Waals surface area contributed by atoms with Crippen LogP contribution in [0.1, 0.15) is 34.2 Å². The molecule has 0 spiro atoms. The van der Waals surface area contributed by atoms with E-state index in [1.807, 2.05) is 30.3 Å². The standard InChI is InChI=1S/C23H24N4O4/c1-30-17-4-2-3-15(8-17)20-9-18(31-26-20)12-25-22(28)19-5-6-21-16-7-14(10-24-11-16)13-27(21)23(19)29/h2-6,8-9,14,16,24H,7,10-13H2,1H3,(H,25,28)/t14-,16+/m0/s1. The van der Waals surface area contributed by atoms with Crippen LogP contribution in [-0.4, -0.2) is 35.8 Å². The minimum absolute atomic E-state index is 0.145. The Morgan fingerprint density at radius 3 is 3.06 bits per heavy atom. The van der Waals surface area contributed by atoms with Gasteiger partial charge in [0.05, 0.1) is 13.7 Å². The number of ether oxygens (including phenoxy) is 1. The van der Waals surface area contributed by atoms with Gasteiger partial charge in [0.25, 0.3) is 11.5 Å². The summed E-state index contributed by atoms with van der Waals surface area (Å²) in [4.78, 5) is 25.7. The number of piperidine rings is 1. The van der Waals surface area contributed by atoms with Gasteiger partial charge in [0.1, 0.15) is 17.0 Å². The Morgan fingerprint density at radius 1 is 1.29 bits per heavy atom. The van der Waals surface area contributed by atoms with E-state index >= 15 is 0 Å². The number of pyridine rings is 1. The van der Waals surface area contributed by atoms with Gasteiger partial charge >= 0.3 is 0 Å². The average Bonchev–Trinajstić information content (AvgIpc) is 3.28. The van der Waals surface area contributed by atoms with E-state index in [9.17, 15) is 9.59 Å². The smallest absolute Gasteiger partial charge is 0.263 e. The van der Waals surface area contributed by atoms with Crippen molar-refractivity contribution in [2.75, 3.05) is 20.2 Å². The van der Waals surface area contributed by atoms with E-state index in [0.29, 0.717) is 29.8 Å². The molecule has 0 saturated carbocycles. The summed E-state index contributed by atoms with van der Waals surface area (Å²) in [6.07, 6.45) is 1.10. The molecule has 8 heteroatoms. The van der Waals surface area contributed by atoms with Crippen molar-refractivity contribution < 1.29 is 14.1 Å². The second kappa shape index (κ2) is 8.03. The average molecular weight is 420 g/mol. The maximum absolute atomic E-state index is 13.0. The number of carbonyl (C=O) groups excluding carboxylic acids is 1. The number of nitrogens with zero attached hydrogens (tertiary/aromatic N) is 2. The number of fused-ring (bicyclic) bond motifs is 4. The number of nitrogens with one attached hydrogen (secondary N) is 2. The summed E-state index contributed by atoms with van der Waals surface area (Å²) in [7, 11) is 1.61. The first-order valence-corrected chi connectivity index (χ1v) is 10.4. The highest BCUT2D eigenvalue weighted by Crippen LogP contribution is 2.31. The molecule has 1 saturated heterocycles. The van der Waals surface area contributed by atoms with Crippen molar-refractivity contribution in [3.63, 3.8) is 0 Å². The van der Waals surface area contributed by atoms with E-state index in [1.54, 1.807) is 23.8 Å². The second-order valence-corrected chi connectivity index (χ2v) is 8.14. The lowest BCUT2D eigenvalue weighted by molar-refractivity contribution is 0.0944. The first kappa shape index (κ1) is 19.6. The minimum atomic E-state index is -0.409. The van der Waals surface area contributed by atoms with Crippen molar-refractivity contribution in [2.45, 2.75) is 25.4 Å². The Hall–Kier alpha value is -3.39. The maximum atomic E-state index is 13.0. The summed E-state index contributed by atoms with van der Waals surface area (Å²) in [5.41, 5.74) is 2.46. The van der Waals surface area contributed by atoms with E-state index in [1.165, 1.54) is 0 Å². The lowest BCUT2D eigenvalue weighted by Crippen LogP contribution is -2.46. The molecular weight excluding hydrogens is 396 g/mol. The van der Waals surface area contributed by atoms with Gasteiger partial charge in [-0.25, -0.2) is 0 Å². The minimum Gasteiger partial charge on any atom is -0.497 e. The molecule has 1 aromatic carbocycles. The summed E-state index contributed by atoms with van der Waals surface area (Å²) < 4.78 is 12.4. The van der Waals surface area contributed by atoms with Gasteiger partial charge in [-0.05, 0) is 43.1 Å². The third-order valence-electron chi connectivity index (χ3n) is 6.10. The quantitative estimate of drug-likeness (QED) is 0.656. The normalized spacial score (nSPS) is 19.5. The lowest BCUT2D eigenvalue weighted by Gasteiger charge is -2.37. The third kappa shape index (κ3) is 3.74. The van der Waals surface area contributed by atoms with Crippen molar-refractivity contribution in [3.8, 4) is 17.0 Å². The van der Waals surface area contributed by atoms with Crippen LogP contribution < -0.4 is 20.9 Å². The molecule has 31 heavy (non-hydrogen) atoms. The van der Waals surface area contributed by atoms with Gasteiger partial charge in [-0.3, -0.25) is 9.59 Å². The fourth-order valence-corrected chi connectivity index (χ4v) is 4.54. The van der Waals surface area contributed by atoms with E-state index in [4.69, 9.17) is 9.26 Å². The van der Waals surface area contributed by atoms with Crippen LogP contribution in [-0.2, 0) is 13.1 Å². The van der Waals surface area contributed by atoms with Crippen LogP contribution in [0.4, 0.5) is 0 Å². The molecule has 0 radical (unpaired) electrons. The van der Waals surface area contributed by atoms with Gasteiger partial charge in [-0.2, -0.15) is 0 Å². The van der Waals surface area contributed by atoms with Crippen molar-refractivity contribution in [3.05, 3.63) is 69.8 Å². The molecular formula is C23H24N4O4. The molecule has 0 aliphatic carbocycles. The molecule has 2 atom stereocenters. The van der Waals surface area contributed by atoms with Gasteiger partial charge < -0.3 is 24.5 Å². The number of aromatic nitrogens is 2. The molecule has 2 bridgehead atoms. The molecule has 0 unspecified atom stereocenters. The predicted octanol–water partition coefficient (Wildman–Crippen LogP) is 2.15. The predicted molar refractivity (Wildman–Crippen MR) is 114 cm³/mol. The molecule has 1 amide bonds. The summed E-state index contributed by atoms with van der Waals surface area (Å²) in [6.45, 7) is 2.60. The first-order chi connectivity index (χ1) is 15.1. The highest BCUT2D eigenvalue weighted by molar-refractivity contribution is 5.93. The summed E-state index contributed by atoms with van der Waals surface area (Å²) in [6, 6.07) is 12.8. The second-order valence-electron chi connectivity index (χ2n) is 8.14. The van der Waals surface area contributed by atoms with E-state index in [0.717, 1.165) is 36.5 Å². The summed E-state index contributed by atoms with van der Waals surface area (Å²) >= 11 is 0. The number of rotatable bonds is 5. The van der Waals surface area contributed by atoms with Crippen LogP contribution in [0, 0.1) is 5.92 Å². The highest BCUT2D eigenvalue weighted by Gasteiger charge is 2.31. The van der Waals surface area contributed by atoms with Crippen LogP contribution in [0.3, 0.4) is 0 Å². The Balaban J connectivity index is 1.30. The molecule has 4 heterocycles. The number of benzene rings is 1. The summed E-state index contributed by atoms with van der Waals surface area (Å²) in [5, 5.41) is 10.3. The van der Waals surface area contributed by atoms with Crippen LogP contribution in [0.15, 0.2) is 51.8 Å². The zero-order valence-electron chi connectivity index (χ0n) is 17.3. The Labute approximate surface area is 179 Å². The van der Waals surface area contributed by atoms with Gasteiger partial charge in [0.15, 0.2) is 5.76 Å². The van der Waals surface area contributed by atoms with Crippen LogP contribution in [0.25, 0.3) is 11.3 Å². The van der Waals surface area contributed by atoms with Crippen LogP contribution in [0.2, 0.25) is 0 Å². The van der Waals surface area contributed by atoms with Gasteiger partial charge in [0, 0.05) is 36.3 Å².